The van der Waals surface area contributed by atoms with E-state index in [1.165, 1.54) is 0 Å². The molecule has 3 heteroatoms. The summed E-state index contributed by atoms with van der Waals surface area (Å²) in [4.78, 5) is 0. The van der Waals surface area contributed by atoms with E-state index in [1.807, 2.05) is 24.3 Å². The van der Waals surface area contributed by atoms with Crippen molar-refractivity contribution in [2.24, 2.45) is 0 Å². The van der Waals surface area contributed by atoms with Crippen LogP contribution >= 0.6 is 0 Å². The maximum absolute atomic E-state index is 9.98. The molecular weight excluding hydrogens is 190 g/mol. The number of benzene rings is 1. The maximum atomic E-state index is 9.98. The van der Waals surface area contributed by atoms with Gasteiger partial charge in [-0.2, -0.15) is 0 Å². The van der Waals surface area contributed by atoms with Crippen LogP contribution in [0.3, 0.4) is 0 Å². The largest absolute Gasteiger partial charge is 0.487 e. The summed E-state index contributed by atoms with van der Waals surface area (Å²) >= 11 is 0. The molecule has 0 atom stereocenters. The highest BCUT2D eigenvalue weighted by Crippen LogP contribution is 2.30. The number of para-hydroxylation sites is 1. The van der Waals surface area contributed by atoms with Gasteiger partial charge in [0.25, 0.3) is 0 Å². The second-order valence-corrected chi connectivity index (χ2v) is 4.45. The van der Waals surface area contributed by atoms with Gasteiger partial charge in [-0.25, -0.2) is 0 Å². The topological polar surface area (TPSA) is 41.5 Å². The fourth-order valence-electron chi connectivity index (χ4n) is 1.60. The van der Waals surface area contributed by atoms with Crippen LogP contribution in [-0.4, -0.2) is 24.3 Å². The van der Waals surface area contributed by atoms with Crippen molar-refractivity contribution in [2.45, 2.75) is 25.6 Å². The minimum atomic E-state index is -0.853. The van der Waals surface area contributed by atoms with Gasteiger partial charge >= 0.3 is 0 Å². The number of hydrogen-bond donors (Lipinski definition) is 2. The van der Waals surface area contributed by atoms with Gasteiger partial charge in [-0.05, 0) is 19.9 Å². The molecule has 1 aliphatic rings. The lowest BCUT2D eigenvalue weighted by Crippen LogP contribution is -2.50. The van der Waals surface area contributed by atoms with Crippen LogP contribution in [0.1, 0.15) is 19.4 Å². The molecule has 0 spiro atoms. The van der Waals surface area contributed by atoms with E-state index in [-0.39, 0.29) is 6.10 Å². The van der Waals surface area contributed by atoms with Crippen LogP contribution in [0, 0.1) is 0 Å². The van der Waals surface area contributed by atoms with Gasteiger partial charge < -0.3 is 15.2 Å². The lowest BCUT2D eigenvalue weighted by molar-refractivity contribution is 0.0685. The Labute approximate surface area is 90.1 Å². The predicted octanol–water partition coefficient (Wildman–Crippen LogP) is 1.26. The zero-order chi connectivity index (χ0) is 10.9. The number of ether oxygens (including phenoxy) is 1. The summed E-state index contributed by atoms with van der Waals surface area (Å²) in [6, 6.07) is 7.66. The fraction of sp³-hybridized carbons (Fsp3) is 0.500. The van der Waals surface area contributed by atoms with Gasteiger partial charge in [-0.15, -0.1) is 0 Å². The number of rotatable bonds is 3. The van der Waals surface area contributed by atoms with E-state index in [0.717, 1.165) is 24.4 Å². The van der Waals surface area contributed by atoms with Gasteiger partial charge in [-0.3, -0.25) is 0 Å². The van der Waals surface area contributed by atoms with Crippen LogP contribution in [0.5, 0.6) is 5.75 Å². The molecule has 0 saturated carbocycles. The first-order chi connectivity index (χ1) is 7.07. The monoisotopic (exact) mass is 207 g/mol. The van der Waals surface area contributed by atoms with E-state index in [1.54, 1.807) is 13.8 Å². The van der Waals surface area contributed by atoms with Crippen LogP contribution in [0.2, 0.25) is 0 Å². The zero-order valence-electron chi connectivity index (χ0n) is 9.16. The highest BCUT2D eigenvalue weighted by Gasteiger charge is 2.24. The third-order valence-corrected chi connectivity index (χ3v) is 2.58. The molecule has 1 heterocycles. The molecule has 1 saturated heterocycles. The Morgan fingerprint density at radius 3 is 2.53 bits per heavy atom. The summed E-state index contributed by atoms with van der Waals surface area (Å²) in [5, 5.41) is 13.1. The molecule has 0 radical (unpaired) electrons. The lowest BCUT2D eigenvalue weighted by Gasteiger charge is -2.30. The van der Waals surface area contributed by atoms with Crippen LogP contribution in [0.25, 0.3) is 0 Å². The molecule has 0 bridgehead atoms. The average Bonchev–Trinajstić information content (AvgIpc) is 2.10. The van der Waals surface area contributed by atoms with E-state index in [9.17, 15) is 5.11 Å². The third kappa shape index (κ3) is 2.30. The molecule has 0 unspecified atom stereocenters. The molecular formula is C12H17NO2. The standard InChI is InChI=1S/C12H17NO2/c1-12(2,14)10-5-3-4-6-11(10)15-9-7-13-8-9/h3-6,9,13-14H,7-8H2,1-2H3. The maximum Gasteiger partial charge on any atom is 0.125 e. The van der Waals surface area contributed by atoms with Gasteiger partial charge in [0.1, 0.15) is 11.9 Å². The Morgan fingerprint density at radius 2 is 2.00 bits per heavy atom. The SMILES string of the molecule is CC(C)(O)c1ccccc1OC1CNC1. The van der Waals surface area contributed by atoms with Crippen molar-refractivity contribution < 1.29 is 9.84 Å². The molecule has 1 aromatic rings. The van der Waals surface area contributed by atoms with Crippen LogP contribution in [0.15, 0.2) is 24.3 Å². The second kappa shape index (κ2) is 3.83. The normalized spacial score (nSPS) is 17.3. The van der Waals surface area contributed by atoms with Crippen molar-refractivity contribution in [2.75, 3.05) is 13.1 Å². The van der Waals surface area contributed by atoms with Crippen molar-refractivity contribution in [3.05, 3.63) is 29.8 Å². The van der Waals surface area contributed by atoms with Crippen LogP contribution in [0.4, 0.5) is 0 Å². The fourth-order valence-corrected chi connectivity index (χ4v) is 1.60. The molecule has 0 aromatic heterocycles. The molecule has 3 nitrogen and oxygen atoms in total. The Hall–Kier alpha value is -1.06. The summed E-state index contributed by atoms with van der Waals surface area (Å²) < 4.78 is 5.79. The van der Waals surface area contributed by atoms with Gasteiger partial charge in [0, 0.05) is 18.7 Å². The molecule has 1 fully saturated rings. The molecule has 2 N–H and O–H groups in total. The van der Waals surface area contributed by atoms with Gasteiger partial charge in [0.2, 0.25) is 0 Å². The van der Waals surface area contributed by atoms with E-state index >= 15 is 0 Å². The van der Waals surface area contributed by atoms with Crippen molar-refractivity contribution >= 4 is 0 Å². The highest BCUT2D eigenvalue weighted by molar-refractivity contribution is 5.37. The molecule has 0 amide bonds. The van der Waals surface area contributed by atoms with Crippen molar-refractivity contribution in [3.63, 3.8) is 0 Å². The minimum Gasteiger partial charge on any atom is -0.487 e. The van der Waals surface area contributed by atoms with Crippen molar-refractivity contribution in [1.82, 2.24) is 5.32 Å². The molecule has 1 aromatic carbocycles. The molecule has 0 aliphatic carbocycles. The Morgan fingerprint density at radius 1 is 1.33 bits per heavy atom. The summed E-state index contributed by atoms with van der Waals surface area (Å²) in [5.41, 5.74) is -0.00905. The van der Waals surface area contributed by atoms with E-state index < -0.39 is 5.60 Å². The lowest BCUT2D eigenvalue weighted by atomic mass is 9.97. The molecule has 1 aliphatic heterocycles. The number of aliphatic hydroxyl groups is 1. The highest BCUT2D eigenvalue weighted by atomic mass is 16.5. The average molecular weight is 207 g/mol. The molecule has 82 valence electrons. The van der Waals surface area contributed by atoms with E-state index in [0.29, 0.717) is 0 Å². The summed E-state index contributed by atoms with van der Waals surface area (Å²) in [7, 11) is 0. The van der Waals surface area contributed by atoms with Gasteiger partial charge in [0.05, 0.1) is 5.60 Å². The molecule has 2 rings (SSSR count). The second-order valence-electron chi connectivity index (χ2n) is 4.45. The first kappa shape index (κ1) is 10.5. The molecule has 15 heavy (non-hydrogen) atoms. The Bertz CT molecular complexity index is 340. The first-order valence-electron chi connectivity index (χ1n) is 5.26. The van der Waals surface area contributed by atoms with Gasteiger partial charge in [0.15, 0.2) is 0 Å². The third-order valence-electron chi connectivity index (χ3n) is 2.58. The zero-order valence-corrected chi connectivity index (χ0v) is 9.16. The number of hydrogen-bond acceptors (Lipinski definition) is 3. The first-order valence-corrected chi connectivity index (χ1v) is 5.26. The quantitative estimate of drug-likeness (QED) is 0.784. The van der Waals surface area contributed by atoms with Crippen molar-refractivity contribution in [1.29, 1.82) is 0 Å². The Kier molecular flexibility index (Phi) is 2.67. The summed E-state index contributed by atoms with van der Waals surface area (Å²) in [6.45, 7) is 5.32. The Balaban J connectivity index is 2.21. The van der Waals surface area contributed by atoms with E-state index in [4.69, 9.17) is 4.74 Å². The smallest absolute Gasteiger partial charge is 0.125 e. The summed E-state index contributed by atoms with van der Waals surface area (Å²) in [6.07, 6.45) is 0.244. The van der Waals surface area contributed by atoms with Gasteiger partial charge in [-0.1, -0.05) is 18.2 Å². The van der Waals surface area contributed by atoms with Crippen molar-refractivity contribution in [3.8, 4) is 5.75 Å². The van der Waals surface area contributed by atoms with E-state index in [2.05, 4.69) is 5.32 Å². The van der Waals surface area contributed by atoms with Crippen LogP contribution < -0.4 is 10.1 Å². The summed E-state index contributed by atoms with van der Waals surface area (Å²) in [5.74, 6) is 0.788. The predicted molar refractivity (Wildman–Crippen MR) is 59.0 cm³/mol. The number of nitrogens with one attached hydrogen (secondary N) is 1. The minimum absolute atomic E-state index is 0.244. The van der Waals surface area contributed by atoms with Crippen LogP contribution in [-0.2, 0) is 5.60 Å².